The maximum Gasteiger partial charge on any atom is 0.160 e. The summed E-state index contributed by atoms with van der Waals surface area (Å²) in [6.07, 6.45) is 20.8. The highest BCUT2D eigenvalue weighted by atomic mass is 28.2. The molecule has 6 nitrogen and oxygen atoms in total. The van der Waals surface area contributed by atoms with Gasteiger partial charge in [-0.25, -0.2) is 0 Å². The van der Waals surface area contributed by atoms with Crippen molar-refractivity contribution in [3.05, 3.63) is 54.6 Å². The lowest BCUT2D eigenvalue weighted by molar-refractivity contribution is 0.357. The maximum atomic E-state index is 5.69. The Kier molecular flexibility index (Phi) is 22.1. The summed E-state index contributed by atoms with van der Waals surface area (Å²) in [6, 6.07) is 23.1. The van der Waals surface area contributed by atoms with Crippen LogP contribution in [0.25, 0.3) is 0 Å². The molecule has 3 rings (SSSR count). The van der Waals surface area contributed by atoms with Crippen molar-refractivity contribution in [3.63, 3.8) is 0 Å². The number of methoxy groups -OCH3 is 6. The van der Waals surface area contributed by atoms with Crippen LogP contribution in [0.3, 0.4) is 0 Å². The molecule has 3 aromatic rings. The van der Waals surface area contributed by atoms with Crippen LogP contribution in [0.2, 0.25) is 23.2 Å². The van der Waals surface area contributed by atoms with Crippen LogP contribution in [0, 0.1) is 0 Å². The molecule has 0 aromatic heterocycles. The summed E-state index contributed by atoms with van der Waals surface area (Å²) in [5.41, 5.74) is 0. The summed E-state index contributed by atoms with van der Waals surface area (Å²) in [5.74, 6) is 5.48. The summed E-state index contributed by atoms with van der Waals surface area (Å²) >= 11 is 0. The summed E-state index contributed by atoms with van der Waals surface area (Å²) in [4.78, 5) is 0. The van der Waals surface area contributed by atoms with Crippen LogP contribution in [-0.2, 0) is 0 Å². The predicted octanol–water partition coefficient (Wildman–Crippen LogP) is 6.15. The summed E-state index contributed by atoms with van der Waals surface area (Å²) in [7, 11) is 10.8. The molecule has 53 heavy (non-hydrogen) atoms. The third-order valence-corrected chi connectivity index (χ3v) is 18.5. The maximum absolute atomic E-state index is 5.69. The highest BCUT2D eigenvalue weighted by Crippen LogP contribution is 2.41. The molecule has 10 heteroatoms. The first kappa shape index (κ1) is 44.7. The molecule has 0 fully saturated rings. The van der Waals surface area contributed by atoms with E-state index in [2.05, 4.69) is 36.4 Å². The van der Waals surface area contributed by atoms with Crippen molar-refractivity contribution in [1.82, 2.24) is 0 Å². The zero-order chi connectivity index (χ0) is 38.2. The van der Waals surface area contributed by atoms with Gasteiger partial charge in [0.15, 0.2) is 34.5 Å². The van der Waals surface area contributed by atoms with Gasteiger partial charge in [-0.05, 0) is 38.8 Å². The zero-order valence-corrected chi connectivity index (χ0v) is 40.7. The van der Waals surface area contributed by atoms with Gasteiger partial charge in [0.25, 0.3) is 0 Å². The Balaban J connectivity index is 1.40. The van der Waals surface area contributed by atoms with Crippen molar-refractivity contribution in [1.29, 1.82) is 0 Å². The van der Waals surface area contributed by atoms with E-state index in [9.17, 15) is 0 Å². The molecule has 0 amide bonds. The second kappa shape index (κ2) is 26.2. The minimum atomic E-state index is -0.346. The Morgan fingerprint density at radius 3 is 0.943 bits per heavy atom. The molecule has 0 radical (unpaired) electrons. The fourth-order valence-corrected chi connectivity index (χ4v) is 14.6. The molecule has 296 valence electrons. The van der Waals surface area contributed by atoms with Gasteiger partial charge in [-0.1, -0.05) is 151 Å². The van der Waals surface area contributed by atoms with Crippen molar-refractivity contribution >= 4 is 54.4 Å². The smallest absolute Gasteiger partial charge is 0.160 e. The molecule has 0 heterocycles. The average Bonchev–Trinajstić information content (AvgIpc) is 3.19. The van der Waals surface area contributed by atoms with Crippen LogP contribution in [0.1, 0.15) is 96.3 Å². The van der Waals surface area contributed by atoms with E-state index in [1.54, 1.807) is 42.7 Å². The number of hydrogen-bond donors (Lipinski definition) is 0. The quantitative estimate of drug-likeness (QED) is 0.0597. The van der Waals surface area contributed by atoms with E-state index in [1.165, 1.54) is 140 Å². The minimum absolute atomic E-state index is 0.346. The summed E-state index contributed by atoms with van der Waals surface area (Å²) in [6.45, 7) is 0. The van der Waals surface area contributed by atoms with Crippen molar-refractivity contribution in [2.75, 3.05) is 42.7 Å². The topological polar surface area (TPSA) is 55.4 Å². The first-order valence-corrected chi connectivity index (χ1v) is 26.6. The van der Waals surface area contributed by atoms with Gasteiger partial charge in [0, 0.05) is 10.2 Å². The second-order valence-electron chi connectivity index (χ2n) is 15.1. The molecule has 0 spiro atoms. The van der Waals surface area contributed by atoms with Gasteiger partial charge in [-0.2, -0.15) is 0 Å². The Morgan fingerprint density at radius 2 is 0.679 bits per heavy atom. The Bertz CT molecular complexity index is 1270. The fraction of sp³-hybridized carbons (Fsp3) is 0.581. The van der Waals surface area contributed by atoms with E-state index < -0.39 is 0 Å². The summed E-state index contributed by atoms with van der Waals surface area (Å²) < 4.78 is 33.6. The Labute approximate surface area is 332 Å². The van der Waals surface area contributed by atoms with Crippen LogP contribution in [0.4, 0.5) is 0 Å². The van der Waals surface area contributed by atoms with E-state index in [0.717, 1.165) is 34.5 Å². The van der Waals surface area contributed by atoms with Gasteiger partial charge >= 0.3 is 0 Å². The van der Waals surface area contributed by atoms with E-state index in [0.29, 0.717) is 5.04 Å². The highest BCUT2D eigenvalue weighted by Gasteiger charge is 2.23. The van der Waals surface area contributed by atoms with Crippen LogP contribution in [-0.4, -0.2) is 81.5 Å². The molecule has 0 aliphatic rings. The van der Waals surface area contributed by atoms with Crippen molar-refractivity contribution in [3.8, 4) is 34.5 Å². The first-order valence-electron chi connectivity index (χ1n) is 20.5. The van der Waals surface area contributed by atoms with Crippen LogP contribution in [0.5, 0.6) is 34.5 Å². The lowest BCUT2D eigenvalue weighted by Gasteiger charge is -2.30. The van der Waals surface area contributed by atoms with Crippen LogP contribution < -0.4 is 44.0 Å². The number of ether oxygens (including phenoxy) is 6. The van der Waals surface area contributed by atoms with Gasteiger partial charge in [-0.3, -0.25) is 0 Å². The van der Waals surface area contributed by atoms with E-state index >= 15 is 0 Å². The molecular weight excluding hydrogens is 725 g/mol. The Hall–Kier alpha value is -2.67. The lowest BCUT2D eigenvalue weighted by atomic mass is 9.88. The summed E-state index contributed by atoms with van der Waals surface area (Å²) in [5, 5.41) is 4.80. The number of unbranched alkanes of at least 4 members (excludes halogenated alkanes) is 9. The number of hydrogen-bond acceptors (Lipinski definition) is 6. The van der Waals surface area contributed by atoms with Gasteiger partial charge in [0.1, 0.15) is 0 Å². The van der Waals surface area contributed by atoms with Gasteiger partial charge in [0.2, 0.25) is 0 Å². The Morgan fingerprint density at radius 1 is 0.396 bits per heavy atom. The van der Waals surface area contributed by atoms with E-state index in [-0.39, 0.29) is 28.6 Å². The van der Waals surface area contributed by atoms with E-state index in [1.807, 2.05) is 18.2 Å². The van der Waals surface area contributed by atoms with Gasteiger partial charge in [0.05, 0.1) is 71.2 Å². The largest absolute Gasteiger partial charge is 0.493 e. The first-order chi connectivity index (χ1) is 25.9. The third-order valence-electron chi connectivity index (χ3n) is 11.1. The van der Waals surface area contributed by atoms with Crippen molar-refractivity contribution in [2.24, 2.45) is 0 Å². The molecule has 3 aromatic carbocycles. The monoisotopic (exact) mass is 796 g/mol. The van der Waals surface area contributed by atoms with E-state index in [4.69, 9.17) is 28.4 Å². The molecule has 0 N–H and O–H groups in total. The second-order valence-corrected chi connectivity index (χ2v) is 23.1. The number of benzene rings is 3. The van der Waals surface area contributed by atoms with Crippen molar-refractivity contribution < 1.29 is 28.4 Å². The molecule has 0 atom stereocenters. The normalized spacial score (nSPS) is 13.0. The lowest BCUT2D eigenvalue weighted by Crippen LogP contribution is -2.17. The SMILES string of the molecule is COc1cccc([SiH2]CCCCCCC([SiH3])(CCCCCC[SiH2]c2cccc(OC)c2OC)CCCCCC[SiH2]c2cccc(OC)c2OC)c1OC. The van der Waals surface area contributed by atoms with Gasteiger partial charge < -0.3 is 28.4 Å². The fourth-order valence-electron chi connectivity index (χ4n) is 8.02. The minimum Gasteiger partial charge on any atom is -0.493 e. The van der Waals surface area contributed by atoms with Crippen LogP contribution in [0.15, 0.2) is 54.6 Å². The molecule has 0 saturated heterocycles. The zero-order valence-electron chi connectivity index (χ0n) is 34.5. The molecule has 0 bridgehead atoms. The third kappa shape index (κ3) is 15.5. The molecule has 0 aliphatic carbocycles. The highest BCUT2D eigenvalue weighted by molar-refractivity contribution is 6.55. The van der Waals surface area contributed by atoms with Crippen LogP contribution >= 0.6 is 0 Å². The average molecular weight is 797 g/mol. The standard InChI is InChI=1S/C43H72O6Si4/c1-44-34-22-19-25-37(40(34)47-4)51-31-16-10-7-13-28-43(50,29-14-8-11-17-32-52-38-26-20-23-35(45-2)41(38)48-5)30-15-9-12-18-33-53-39-27-21-24-36(46-3)42(39)49-6/h19-27H,7-18,28-33,51-53H2,1-6,50H3. The molecule has 0 aliphatic heterocycles. The number of rotatable bonds is 30. The predicted molar refractivity (Wildman–Crippen MR) is 239 cm³/mol. The molecule has 0 unspecified atom stereocenters. The number of para-hydroxylation sites is 3. The van der Waals surface area contributed by atoms with Gasteiger partial charge in [-0.15, -0.1) is 0 Å². The molecular formula is C43H72O6Si4. The van der Waals surface area contributed by atoms with Crippen molar-refractivity contribution in [2.45, 2.75) is 119 Å². The molecule has 0 saturated carbocycles.